The maximum Gasteiger partial charge on any atom is 0.109 e. The Bertz CT molecular complexity index is 334. The highest BCUT2D eigenvalue weighted by Crippen LogP contribution is 2.32. The summed E-state index contributed by atoms with van der Waals surface area (Å²) in [5, 5.41) is 11.0. The number of benzene rings is 1. The van der Waals surface area contributed by atoms with Gasteiger partial charge in [0.1, 0.15) is 5.60 Å². The average Bonchev–Trinajstić information content (AvgIpc) is 2.27. The summed E-state index contributed by atoms with van der Waals surface area (Å²) in [5.74, 6) is 0.0122. The summed E-state index contributed by atoms with van der Waals surface area (Å²) < 4.78 is 0. The van der Waals surface area contributed by atoms with E-state index in [9.17, 15) is 5.11 Å². The number of halogens is 2. The molecule has 1 aromatic rings. The second kappa shape index (κ2) is 5.02. The van der Waals surface area contributed by atoms with Crippen LogP contribution in [0.2, 0.25) is 5.02 Å². The van der Waals surface area contributed by atoms with Gasteiger partial charge in [0.2, 0.25) is 0 Å². The Morgan fingerprint density at radius 3 is 2.40 bits per heavy atom. The molecule has 0 aliphatic heterocycles. The van der Waals surface area contributed by atoms with Crippen molar-refractivity contribution in [3.63, 3.8) is 0 Å². The van der Waals surface area contributed by atoms with Gasteiger partial charge in [0.25, 0.3) is 0 Å². The SMILES string of the molecule is C=CC(C)C(O)(CCl)c1ccc(Cl)cc1. The summed E-state index contributed by atoms with van der Waals surface area (Å²) in [4.78, 5) is 0. The Morgan fingerprint density at radius 1 is 1.47 bits per heavy atom. The molecule has 0 radical (unpaired) electrons. The van der Waals surface area contributed by atoms with Crippen LogP contribution in [0.3, 0.4) is 0 Å². The van der Waals surface area contributed by atoms with Crippen molar-refractivity contribution in [3.8, 4) is 0 Å². The topological polar surface area (TPSA) is 20.2 Å². The zero-order chi connectivity index (χ0) is 11.5. The quantitative estimate of drug-likeness (QED) is 0.634. The van der Waals surface area contributed by atoms with Gasteiger partial charge in [-0.3, -0.25) is 0 Å². The first kappa shape index (κ1) is 12.6. The Labute approximate surface area is 100 Å². The maximum absolute atomic E-state index is 10.4. The van der Waals surface area contributed by atoms with Crippen molar-refractivity contribution in [2.24, 2.45) is 5.92 Å². The van der Waals surface area contributed by atoms with Gasteiger partial charge in [0.05, 0.1) is 5.88 Å². The van der Waals surface area contributed by atoms with Crippen molar-refractivity contribution in [1.82, 2.24) is 0 Å². The van der Waals surface area contributed by atoms with E-state index in [-0.39, 0.29) is 11.8 Å². The third kappa shape index (κ3) is 2.54. The molecule has 0 heterocycles. The highest BCUT2D eigenvalue weighted by molar-refractivity contribution is 6.30. The predicted octanol–water partition coefficient (Wildman–Crippen LogP) is 3.59. The van der Waals surface area contributed by atoms with Crippen LogP contribution < -0.4 is 0 Å². The van der Waals surface area contributed by atoms with Gasteiger partial charge in [-0.05, 0) is 17.7 Å². The molecule has 0 aliphatic rings. The molecule has 0 saturated carbocycles. The molecule has 0 aromatic heterocycles. The molecule has 2 atom stereocenters. The molecular formula is C12H14Cl2O. The molecule has 1 N–H and O–H groups in total. The third-order valence-electron chi connectivity index (χ3n) is 2.65. The molecule has 1 aromatic carbocycles. The molecule has 2 unspecified atom stereocenters. The molecule has 0 fully saturated rings. The fraction of sp³-hybridized carbons (Fsp3) is 0.333. The highest BCUT2D eigenvalue weighted by atomic mass is 35.5. The lowest BCUT2D eigenvalue weighted by Gasteiger charge is -2.31. The van der Waals surface area contributed by atoms with E-state index in [1.165, 1.54) is 0 Å². The van der Waals surface area contributed by atoms with Crippen molar-refractivity contribution in [3.05, 3.63) is 47.5 Å². The molecule has 0 bridgehead atoms. The summed E-state index contributed by atoms with van der Waals surface area (Å²) in [6, 6.07) is 7.05. The van der Waals surface area contributed by atoms with Gasteiger partial charge in [-0.25, -0.2) is 0 Å². The summed E-state index contributed by atoms with van der Waals surface area (Å²) >= 11 is 11.6. The predicted molar refractivity (Wildman–Crippen MR) is 65.4 cm³/mol. The molecule has 0 amide bonds. The summed E-state index contributed by atoms with van der Waals surface area (Å²) in [6.07, 6.45) is 1.69. The van der Waals surface area contributed by atoms with Crippen LogP contribution in [0.1, 0.15) is 12.5 Å². The van der Waals surface area contributed by atoms with Gasteiger partial charge in [-0.2, -0.15) is 0 Å². The highest BCUT2D eigenvalue weighted by Gasteiger charge is 2.33. The minimum Gasteiger partial charge on any atom is -0.383 e. The van der Waals surface area contributed by atoms with E-state index in [0.29, 0.717) is 5.02 Å². The van der Waals surface area contributed by atoms with Crippen LogP contribution >= 0.6 is 23.2 Å². The fourth-order valence-corrected chi connectivity index (χ4v) is 1.92. The lowest BCUT2D eigenvalue weighted by atomic mass is 9.84. The fourth-order valence-electron chi connectivity index (χ4n) is 1.40. The van der Waals surface area contributed by atoms with Crippen LogP contribution in [0.5, 0.6) is 0 Å². The van der Waals surface area contributed by atoms with E-state index in [1.54, 1.807) is 30.3 Å². The number of hydrogen-bond acceptors (Lipinski definition) is 1. The molecule has 0 aliphatic carbocycles. The Morgan fingerprint density at radius 2 is 2.00 bits per heavy atom. The van der Waals surface area contributed by atoms with Crippen molar-refractivity contribution in [2.75, 3.05) is 5.88 Å². The number of aliphatic hydroxyl groups is 1. The standard InChI is InChI=1S/C12H14Cl2O/c1-3-9(2)12(15,8-13)10-4-6-11(14)7-5-10/h3-7,9,15H,1,8H2,2H3. The molecule has 15 heavy (non-hydrogen) atoms. The van der Waals surface area contributed by atoms with E-state index < -0.39 is 5.60 Å². The number of rotatable bonds is 4. The zero-order valence-electron chi connectivity index (χ0n) is 8.58. The Hall–Kier alpha value is -0.500. The Balaban J connectivity index is 3.10. The molecule has 3 heteroatoms. The van der Waals surface area contributed by atoms with Crippen LogP contribution in [0.25, 0.3) is 0 Å². The molecule has 0 spiro atoms. The van der Waals surface area contributed by atoms with Gasteiger partial charge in [-0.15, -0.1) is 18.2 Å². The monoisotopic (exact) mass is 244 g/mol. The minimum absolute atomic E-state index is 0.115. The smallest absolute Gasteiger partial charge is 0.109 e. The van der Waals surface area contributed by atoms with E-state index >= 15 is 0 Å². The van der Waals surface area contributed by atoms with Crippen LogP contribution in [-0.4, -0.2) is 11.0 Å². The first-order valence-corrected chi connectivity index (χ1v) is 5.62. The minimum atomic E-state index is -1.08. The van der Waals surface area contributed by atoms with Crippen LogP contribution in [0.15, 0.2) is 36.9 Å². The van der Waals surface area contributed by atoms with Gasteiger partial charge in [-0.1, -0.05) is 36.7 Å². The number of alkyl halides is 1. The van der Waals surface area contributed by atoms with Gasteiger partial charge in [0, 0.05) is 10.9 Å². The lowest BCUT2D eigenvalue weighted by Crippen LogP contribution is -2.34. The third-order valence-corrected chi connectivity index (χ3v) is 3.31. The van der Waals surface area contributed by atoms with E-state index in [0.717, 1.165) is 5.56 Å². The largest absolute Gasteiger partial charge is 0.383 e. The first-order valence-electron chi connectivity index (χ1n) is 4.71. The van der Waals surface area contributed by atoms with Crippen LogP contribution in [0.4, 0.5) is 0 Å². The normalized spacial score (nSPS) is 16.8. The summed E-state index contributed by atoms with van der Waals surface area (Å²) in [6.45, 7) is 5.55. The summed E-state index contributed by atoms with van der Waals surface area (Å²) in [5.41, 5.74) is -0.317. The molecule has 0 saturated heterocycles. The van der Waals surface area contributed by atoms with E-state index in [1.807, 2.05) is 6.92 Å². The van der Waals surface area contributed by atoms with Crippen molar-refractivity contribution in [1.29, 1.82) is 0 Å². The second-order valence-electron chi connectivity index (χ2n) is 3.59. The molecule has 82 valence electrons. The van der Waals surface area contributed by atoms with Crippen molar-refractivity contribution in [2.45, 2.75) is 12.5 Å². The van der Waals surface area contributed by atoms with Gasteiger partial charge in [0.15, 0.2) is 0 Å². The zero-order valence-corrected chi connectivity index (χ0v) is 10.1. The molecular weight excluding hydrogens is 231 g/mol. The van der Waals surface area contributed by atoms with Crippen LogP contribution in [0, 0.1) is 5.92 Å². The lowest BCUT2D eigenvalue weighted by molar-refractivity contribution is 0.0243. The number of hydrogen-bond donors (Lipinski definition) is 1. The Kier molecular flexibility index (Phi) is 4.21. The maximum atomic E-state index is 10.4. The first-order chi connectivity index (χ1) is 7.04. The molecule has 1 nitrogen and oxygen atoms in total. The van der Waals surface area contributed by atoms with E-state index in [4.69, 9.17) is 23.2 Å². The van der Waals surface area contributed by atoms with Gasteiger partial charge >= 0.3 is 0 Å². The second-order valence-corrected chi connectivity index (χ2v) is 4.29. The average molecular weight is 245 g/mol. The van der Waals surface area contributed by atoms with Crippen molar-refractivity contribution < 1.29 is 5.11 Å². The van der Waals surface area contributed by atoms with Crippen LogP contribution in [-0.2, 0) is 5.60 Å². The summed E-state index contributed by atoms with van der Waals surface area (Å²) in [7, 11) is 0. The van der Waals surface area contributed by atoms with Gasteiger partial charge < -0.3 is 5.11 Å². The van der Waals surface area contributed by atoms with Crippen molar-refractivity contribution >= 4 is 23.2 Å². The molecule has 1 rings (SSSR count). The van der Waals surface area contributed by atoms with E-state index in [2.05, 4.69) is 6.58 Å².